The number of carbonyl (C=O) groups is 1. The van der Waals surface area contributed by atoms with Gasteiger partial charge in [0.2, 0.25) is 21.9 Å². The van der Waals surface area contributed by atoms with E-state index in [9.17, 15) is 13.2 Å². The molecule has 1 aliphatic heterocycles. The fourth-order valence-electron chi connectivity index (χ4n) is 3.50. The predicted molar refractivity (Wildman–Crippen MR) is 130 cm³/mol. The van der Waals surface area contributed by atoms with Gasteiger partial charge in [0.05, 0.1) is 12.0 Å². The Kier molecular flexibility index (Phi) is 6.94. The van der Waals surface area contributed by atoms with Gasteiger partial charge in [-0.1, -0.05) is 0 Å². The summed E-state index contributed by atoms with van der Waals surface area (Å²) < 4.78 is 33.1. The van der Waals surface area contributed by atoms with Gasteiger partial charge in [-0.05, 0) is 61.4 Å². The maximum absolute atomic E-state index is 12.7. The van der Waals surface area contributed by atoms with Crippen LogP contribution in [0.5, 0.6) is 5.75 Å². The molecule has 1 aliphatic rings. The van der Waals surface area contributed by atoms with E-state index in [2.05, 4.69) is 30.6 Å². The number of rotatable bonds is 9. The molecular weight excluding hydrogens is 456 g/mol. The van der Waals surface area contributed by atoms with E-state index >= 15 is 0 Å². The van der Waals surface area contributed by atoms with Crippen LogP contribution in [-0.2, 0) is 21.2 Å². The molecule has 1 aromatic heterocycles. The maximum atomic E-state index is 12.7. The number of aryl methyl sites for hydroxylation is 2. The number of benzene rings is 2. The molecule has 11 heteroatoms. The van der Waals surface area contributed by atoms with Gasteiger partial charge in [-0.15, -0.1) is 0 Å². The molecule has 10 nitrogen and oxygen atoms in total. The lowest BCUT2D eigenvalue weighted by atomic mass is 10.0. The van der Waals surface area contributed by atoms with Crippen molar-refractivity contribution in [1.29, 1.82) is 0 Å². The molecule has 0 unspecified atom stereocenters. The molecule has 0 aliphatic carbocycles. The highest BCUT2D eigenvalue weighted by atomic mass is 32.2. The second kappa shape index (κ2) is 10.1. The quantitative estimate of drug-likeness (QED) is 0.342. The minimum absolute atomic E-state index is 0.0620. The largest absolute Gasteiger partial charge is 0.497 e. The van der Waals surface area contributed by atoms with E-state index in [0.717, 1.165) is 22.7 Å². The van der Waals surface area contributed by atoms with Gasteiger partial charge in [-0.3, -0.25) is 4.79 Å². The van der Waals surface area contributed by atoms with E-state index in [1.807, 2.05) is 37.3 Å². The molecule has 3 aromatic rings. The van der Waals surface area contributed by atoms with Crippen LogP contribution in [-0.4, -0.2) is 44.5 Å². The standard InChI is InChI=1S/C23H26N6O4S/c1-15-13-21(27-17-4-6-18(33-2)7-5-17)29-23(26-15)24-11-12-25-34(31,32)19-8-9-20-16(14-19)3-10-22(30)28-20/h4-9,13-14,25H,3,10-12H2,1-2H3,(H,28,30)(H2,24,26,27,29). The maximum Gasteiger partial charge on any atom is 0.240 e. The van der Waals surface area contributed by atoms with Crippen LogP contribution < -0.4 is 25.4 Å². The van der Waals surface area contributed by atoms with Gasteiger partial charge < -0.3 is 20.7 Å². The Morgan fingerprint density at radius 3 is 2.59 bits per heavy atom. The van der Waals surface area contributed by atoms with Crippen LogP contribution in [0, 0.1) is 6.92 Å². The number of carbonyl (C=O) groups excluding carboxylic acids is 1. The molecule has 4 N–H and O–H groups in total. The van der Waals surface area contributed by atoms with Crippen LogP contribution in [0.4, 0.5) is 23.1 Å². The van der Waals surface area contributed by atoms with Crippen molar-refractivity contribution < 1.29 is 17.9 Å². The van der Waals surface area contributed by atoms with Crippen molar-refractivity contribution in [2.75, 3.05) is 36.1 Å². The predicted octanol–water partition coefficient (Wildman–Crippen LogP) is 2.81. The SMILES string of the molecule is COc1ccc(Nc2cc(C)nc(NCCNS(=O)(=O)c3ccc4c(c3)CCC(=O)N4)n2)cc1. The highest BCUT2D eigenvalue weighted by molar-refractivity contribution is 7.89. The van der Waals surface area contributed by atoms with E-state index in [-0.39, 0.29) is 17.3 Å². The van der Waals surface area contributed by atoms with Crippen molar-refractivity contribution in [3.8, 4) is 5.75 Å². The minimum atomic E-state index is -3.69. The summed E-state index contributed by atoms with van der Waals surface area (Å²) in [5.74, 6) is 1.70. The lowest BCUT2D eigenvalue weighted by Gasteiger charge is -2.17. The Morgan fingerprint density at radius 2 is 1.82 bits per heavy atom. The molecule has 0 saturated heterocycles. The van der Waals surface area contributed by atoms with Crippen molar-refractivity contribution in [2.45, 2.75) is 24.7 Å². The molecule has 0 bridgehead atoms. The zero-order valence-corrected chi connectivity index (χ0v) is 19.7. The molecule has 0 radical (unpaired) electrons. The first-order valence-corrected chi connectivity index (χ1v) is 12.2. The topological polar surface area (TPSA) is 134 Å². The first-order chi connectivity index (χ1) is 16.3. The third-order valence-electron chi connectivity index (χ3n) is 5.20. The number of fused-ring (bicyclic) bond motifs is 1. The summed E-state index contributed by atoms with van der Waals surface area (Å²) in [5, 5.41) is 9.02. The summed E-state index contributed by atoms with van der Waals surface area (Å²) in [6, 6.07) is 14.0. The molecular formula is C23H26N6O4S. The zero-order valence-electron chi connectivity index (χ0n) is 18.9. The van der Waals surface area contributed by atoms with Crippen molar-refractivity contribution in [1.82, 2.24) is 14.7 Å². The molecule has 0 atom stereocenters. The minimum Gasteiger partial charge on any atom is -0.497 e. The van der Waals surface area contributed by atoms with Crippen molar-refractivity contribution in [2.24, 2.45) is 0 Å². The highest BCUT2D eigenvalue weighted by Gasteiger charge is 2.19. The third-order valence-corrected chi connectivity index (χ3v) is 6.66. The Bertz CT molecular complexity index is 1300. The second-order valence-corrected chi connectivity index (χ2v) is 9.53. The van der Waals surface area contributed by atoms with Gasteiger partial charge in [0.1, 0.15) is 11.6 Å². The zero-order chi connectivity index (χ0) is 24.1. The number of sulfonamides is 1. The number of ether oxygens (including phenoxy) is 1. The fourth-order valence-corrected chi connectivity index (χ4v) is 4.59. The van der Waals surface area contributed by atoms with Gasteiger partial charge in [0.15, 0.2) is 0 Å². The van der Waals surface area contributed by atoms with Crippen LogP contribution in [0.1, 0.15) is 17.7 Å². The van der Waals surface area contributed by atoms with Gasteiger partial charge >= 0.3 is 0 Å². The number of hydrogen-bond donors (Lipinski definition) is 4. The van der Waals surface area contributed by atoms with Gasteiger partial charge in [-0.2, -0.15) is 4.98 Å². The summed E-state index contributed by atoms with van der Waals surface area (Å²) in [6.45, 7) is 2.30. The molecule has 0 fully saturated rings. The Hall–Kier alpha value is -3.70. The lowest BCUT2D eigenvalue weighted by Crippen LogP contribution is -2.29. The summed E-state index contributed by atoms with van der Waals surface area (Å²) >= 11 is 0. The van der Waals surface area contributed by atoms with Gasteiger partial charge in [0.25, 0.3) is 0 Å². The number of methoxy groups -OCH3 is 1. The van der Waals surface area contributed by atoms with E-state index in [4.69, 9.17) is 4.74 Å². The normalized spacial score (nSPS) is 13.1. The average molecular weight is 483 g/mol. The lowest BCUT2D eigenvalue weighted by molar-refractivity contribution is -0.116. The third kappa shape index (κ3) is 5.80. The first-order valence-electron chi connectivity index (χ1n) is 10.8. The van der Waals surface area contributed by atoms with E-state index < -0.39 is 10.0 Å². The van der Waals surface area contributed by atoms with Crippen LogP contribution in [0.25, 0.3) is 0 Å². The van der Waals surface area contributed by atoms with Crippen LogP contribution in [0.3, 0.4) is 0 Å². The van der Waals surface area contributed by atoms with Crippen molar-refractivity contribution in [3.05, 3.63) is 59.8 Å². The monoisotopic (exact) mass is 482 g/mol. The van der Waals surface area contributed by atoms with Gasteiger partial charge in [-0.25, -0.2) is 18.1 Å². The number of nitrogens with one attached hydrogen (secondary N) is 4. The first kappa shape index (κ1) is 23.5. The van der Waals surface area contributed by atoms with Crippen molar-refractivity contribution >= 4 is 39.1 Å². The highest BCUT2D eigenvalue weighted by Crippen LogP contribution is 2.25. The molecule has 2 heterocycles. The Labute approximate surface area is 198 Å². The summed E-state index contributed by atoms with van der Waals surface area (Å²) in [6.07, 6.45) is 0.864. The second-order valence-electron chi connectivity index (χ2n) is 7.76. The molecule has 4 rings (SSSR count). The number of amides is 1. The Morgan fingerprint density at radius 1 is 1.03 bits per heavy atom. The average Bonchev–Trinajstić information content (AvgIpc) is 2.81. The molecule has 34 heavy (non-hydrogen) atoms. The molecule has 2 aromatic carbocycles. The molecule has 0 spiro atoms. The number of anilines is 4. The number of aromatic nitrogens is 2. The van der Waals surface area contributed by atoms with E-state index in [1.165, 1.54) is 6.07 Å². The summed E-state index contributed by atoms with van der Waals surface area (Å²) in [4.78, 5) is 20.5. The summed E-state index contributed by atoms with van der Waals surface area (Å²) in [7, 11) is -2.08. The van der Waals surface area contributed by atoms with Crippen LogP contribution in [0.15, 0.2) is 53.4 Å². The van der Waals surface area contributed by atoms with Crippen molar-refractivity contribution in [3.63, 3.8) is 0 Å². The van der Waals surface area contributed by atoms with Crippen LogP contribution in [0.2, 0.25) is 0 Å². The smallest absolute Gasteiger partial charge is 0.240 e. The molecule has 1 amide bonds. The fraction of sp³-hybridized carbons (Fsp3) is 0.261. The van der Waals surface area contributed by atoms with Gasteiger partial charge in [0, 0.05) is 42.6 Å². The Balaban J connectivity index is 1.33. The van der Waals surface area contributed by atoms with E-state index in [0.29, 0.717) is 36.8 Å². The van der Waals surface area contributed by atoms with E-state index in [1.54, 1.807) is 19.2 Å². The van der Waals surface area contributed by atoms with Crippen LogP contribution >= 0.6 is 0 Å². The molecule has 178 valence electrons. The molecule has 0 saturated carbocycles. The number of hydrogen-bond acceptors (Lipinski definition) is 8. The summed E-state index contributed by atoms with van der Waals surface area (Å²) in [5.41, 5.74) is 3.08. The number of nitrogens with zero attached hydrogens (tertiary/aromatic N) is 2.